The van der Waals surface area contributed by atoms with Crippen LogP contribution in [0, 0.1) is 0 Å². The first-order valence-corrected chi connectivity index (χ1v) is 6.50. The van der Waals surface area contributed by atoms with Gasteiger partial charge in [-0.15, -0.1) is 0 Å². The van der Waals surface area contributed by atoms with E-state index >= 15 is 0 Å². The van der Waals surface area contributed by atoms with Crippen LogP contribution in [-0.4, -0.2) is 26.9 Å². The van der Waals surface area contributed by atoms with Crippen LogP contribution in [0.15, 0.2) is 41.4 Å². The molecule has 5 nitrogen and oxygen atoms in total. The fourth-order valence-corrected chi connectivity index (χ4v) is 2.23. The number of allylic oxidation sites excluding steroid dienone is 3. The Kier molecular flexibility index (Phi) is 3.95. The van der Waals surface area contributed by atoms with Crippen LogP contribution in [0.2, 0.25) is 0 Å². The van der Waals surface area contributed by atoms with Crippen LogP contribution in [0.5, 0.6) is 0 Å². The molecule has 1 aliphatic rings. The number of Topliss-reactive ketones (excluding diaryl/α,β-unsaturated/α-hetero) is 2. The Bertz CT molecular complexity index is 678. The number of rotatable bonds is 3. The molecule has 0 saturated heterocycles. The normalized spacial score (nSPS) is 15.8. The third-order valence-corrected chi connectivity index (χ3v) is 3.33. The third kappa shape index (κ3) is 2.60. The van der Waals surface area contributed by atoms with Crippen LogP contribution >= 0.6 is 0 Å². The van der Waals surface area contributed by atoms with Gasteiger partial charge in [-0.05, 0) is 25.8 Å². The molecule has 0 saturated carbocycles. The fourth-order valence-electron chi connectivity index (χ4n) is 2.23. The summed E-state index contributed by atoms with van der Waals surface area (Å²) >= 11 is 0. The molecule has 2 rings (SSSR count). The quantitative estimate of drug-likeness (QED) is 0.743. The molecule has 0 aliphatic heterocycles. The zero-order chi connectivity index (χ0) is 15.7. The number of ketones is 2. The monoisotopic (exact) mass is 288 g/mol. The molecule has 1 aromatic rings. The minimum atomic E-state index is -0.977. The highest BCUT2D eigenvalue weighted by atomic mass is 16.3. The number of aliphatic hydroxyl groups is 3. The van der Waals surface area contributed by atoms with Crippen LogP contribution in [0.25, 0.3) is 0 Å². The number of fused-ring (bicyclic) bond motifs is 1. The predicted molar refractivity (Wildman–Crippen MR) is 76.4 cm³/mol. The van der Waals surface area contributed by atoms with Crippen molar-refractivity contribution in [3.63, 3.8) is 0 Å². The SMILES string of the molecule is CC(C)=CCC(O)c1cccc2c1C(=O)C(O)=C(O)C2=O. The lowest BCUT2D eigenvalue weighted by Crippen LogP contribution is -2.24. The molecular formula is C16H16O5. The number of hydrogen-bond acceptors (Lipinski definition) is 5. The van der Waals surface area contributed by atoms with Gasteiger partial charge in [-0.1, -0.05) is 29.8 Å². The van der Waals surface area contributed by atoms with Crippen molar-refractivity contribution in [2.24, 2.45) is 0 Å². The Labute approximate surface area is 121 Å². The lowest BCUT2D eigenvalue weighted by atomic mass is 9.86. The van der Waals surface area contributed by atoms with Gasteiger partial charge in [0, 0.05) is 11.1 Å². The molecule has 0 spiro atoms. The second-order valence-corrected chi connectivity index (χ2v) is 5.16. The van der Waals surface area contributed by atoms with E-state index in [2.05, 4.69) is 0 Å². The highest BCUT2D eigenvalue weighted by Gasteiger charge is 2.35. The van der Waals surface area contributed by atoms with E-state index in [4.69, 9.17) is 0 Å². The number of hydrogen-bond donors (Lipinski definition) is 3. The highest BCUT2D eigenvalue weighted by Crippen LogP contribution is 2.31. The van der Waals surface area contributed by atoms with Crippen molar-refractivity contribution in [2.45, 2.75) is 26.4 Å². The van der Waals surface area contributed by atoms with Gasteiger partial charge in [0.1, 0.15) is 0 Å². The Morgan fingerprint density at radius 1 is 1.14 bits per heavy atom. The molecular weight excluding hydrogens is 272 g/mol. The van der Waals surface area contributed by atoms with E-state index < -0.39 is 29.2 Å². The largest absolute Gasteiger partial charge is 0.501 e. The molecule has 3 N–H and O–H groups in total. The van der Waals surface area contributed by atoms with Gasteiger partial charge in [0.2, 0.25) is 23.1 Å². The summed E-state index contributed by atoms with van der Waals surface area (Å²) < 4.78 is 0. The molecule has 1 aliphatic carbocycles. The van der Waals surface area contributed by atoms with E-state index in [9.17, 15) is 24.9 Å². The van der Waals surface area contributed by atoms with E-state index in [-0.39, 0.29) is 23.1 Å². The zero-order valence-electron chi connectivity index (χ0n) is 11.8. The summed E-state index contributed by atoms with van der Waals surface area (Å²) in [4.78, 5) is 24.0. The van der Waals surface area contributed by atoms with Crippen LogP contribution in [0.3, 0.4) is 0 Å². The summed E-state index contributed by atoms with van der Waals surface area (Å²) in [6.07, 6.45) is 1.13. The van der Waals surface area contributed by atoms with Crippen LogP contribution < -0.4 is 0 Å². The molecule has 5 heteroatoms. The van der Waals surface area contributed by atoms with E-state index in [0.29, 0.717) is 0 Å². The molecule has 21 heavy (non-hydrogen) atoms. The molecule has 1 unspecified atom stereocenters. The summed E-state index contributed by atoms with van der Waals surface area (Å²) in [5.74, 6) is -3.61. The van der Waals surface area contributed by atoms with Gasteiger partial charge in [0.15, 0.2) is 0 Å². The zero-order valence-corrected chi connectivity index (χ0v) is 11.8. The van der Waals surface area contributed by atoms with Gasteiger partial charge in [-0.2, -0.15) is 0 Å². The molecule has 0 radical (unpaired) electrons. The van der Waals surface area contributed by atoms with Crippen molar-refractivity contribution < 1.29 is 24.9 Å². The summed E-state index contributed by atoms with van der Waals surface area (Å²) in [6, 6.07) is 4.44. The highest BCUT2D eigenvalue weighted by molar-refractivity contribution is 6.25. The molecule has 110 valence electrons. The number of carbonyl (C=O) groups is 2. The van der Waals surface area contributed by atoms with Crippen molar-refractivity contribution in [2.75, 3.05) is 0 Å². The minimum absolute atomic E-state index is 0.0101. The smallest absolute Gasteiger partial charge is 0.232 e. The summed E-state index contributed by atoms with van der Waals surface area (Å²) in [6.45, 7) is 3.77. The van der Waals surface area contributed by atoms with Crippen molar-refractivity contribution in [3.8, 4) is 0 Å². The molecule has 0 bridgehead atoms. The van der Waals surface area contributed by atoms with Crippen molar-refractivity contribution >= 4 is 11.6 Å². The van der Waals surface area contributed by atoms with E-state index in [0.717, 1.165) is 5.57 Å². The third-order valence-electron chi connectivity index (χ3n) is 3.33. The van der Waals surface area contributed by atoms with Crippen LogP contribution in [0.4, 0.5) is 0 Å². The lowest BCUT2D eigenvalue weighted by Gasteiger charge is -2.20. The van der Waals surface area contributed by atoms with Crippen LogP contribution in [0.1, 0.15) is 52.7 Å². The first-order valence-electron chi connectivity index (χ1n) is 6.50. The molecule has 0 aromatic heterocycles. The molecule has 1 aromatic carbocycles. The van der Waals surface area contributed by atoms with Gasteiger partial charge in [0.25, 0.3) is 0 Å². The Balaban J connectivity index is 2.53. The maximum absolute atomic E-state index is 12.1. The summed E-state index contributed by atoms with van der Waals surface area (Å²) in [5.41, 5.74) is 1.22. The van der Waals surface area contributed by atoms with Gasteiger partial charge in [0.05, 0.1) is 6.10 Å². The summed E-state index contributed by atoms with van der Waals surface area (Å²) in [7, 11) is 0. The average molecular weight is 288 g/mol. The Morgan fingerprint density at radius 3 is 2.38 bits per heavy atom. The second kappa shape index (κ2) is 5.54. The van der Waals surface area contributed by atoms with Crippen molar-refractivity contribution in [1.82, 2.24) is 0 Å². The second-order valence-electron chi connectivity index (χ2n) is 5.16. The molecule has 0 heterocycles. The first kappa shape index (κ1) is 15.0. The standard InChI is InChI=1S/C16H16O5/c1-8(2)6-7-11(17)9-4-3-5-10-12(9)14(19)16(21)15(20)13(10)18/h3-6,11,17,20-21H,7H2,1-2H3. The molecule has 0 fully saturated rings. The van der Waals surface area contributed by atoms with Crippen molar-refractivity contribution in [3.05, 3.63) is 58.1 Å². The van der Waals surface area contributed by atoms with E-state index in [1.54, 1.807) is 0 Å². The Morgan fingerprint density at radius 2 is 1.76 bits per heavy atom. The lowest BCUT2D eigenvalue weighted by molar-refractivity contribution is 0.0875. The number of benzene rings is 1. The van der Waals surface area contributed by atoms with Gasteiger partial charge >= 0.3 is 0 Å². The van der Waals surface area contributed by atoms with E-state index in [1.807, 2.05) is 19.9 Å². The van der Waals surface area contributed by atoms with Crippen LogP contribution in [-0.2, 0) is 0 Å². The van der Waals surface area contributed by atoms with Gasteiger partial charge in [-0.25, -0.2) is 0 Å². The number of aliphatic hydroxyl groups excluding tert-OH is 3. The average Bonchev–Trinajstić information content (AvgIpc) is 2.47. The van der Waals surface area contributed by atoms with Crippen molar-refractivity contribution in [1.29, 1.82) is 0 Å². The van der Waals surface area contributed by atoms with Gasteiger partial charge < -0.3 is 15.3 Å². The van der Waals surface area contributed by atoms with E-state index in [1.165, 1.54) is 18.2 Å². The number of carbonyl (C=O) groups excluding carboxylic acids is 2. The predicted octanol–water partition coefficient (Wildman–Crippen LogP) is 2.78. The minimum Gasteiger partial charge on any atom is -0.501 e. The maximum atomic E-state index is 12.1. The molecule has 1 atom stereocenters. The summed E-state index contributed by atoms with van der Waals surface area (Å²) in [5, 5.41) is 29.2. The topological polar surface area (TPSA) is 94.8 Å². The molecule has 0 amide bonds. The van der Waals surface area contributed by atoms with Gasteiger partial charge in [-0.3, -0.25) is 9.59 Å². The first-order chi connectivity index (χ1) is 9.84. The maximum Gasteiger partial charge on any atom is 0.232 e. The Hall–Kier alpha value is -2.40. The fraction of sp³-hybridized carbons (Fsp3) is 0.250.